The van der Waals surface area contributed by atoms with Crippen LogP contribution in [0.4, 0.5) is 5.69 Å². The summed E-state index contributed by atoms with van der Waals surface area (Å²) in [5.74, 6) is 0.468. The van der Waals surface area contributed by atoms with E-state index in [4.69, 9.17) is 9.47 Å². The second-order valence-corrected chi connectivity index (χ2v) is 7.50. The monoisotopic (exact) mass is 409 g/mol. The van der Waals surface area contributed by atoms with Gasteiger partial charge in [0.15, 0.2) is 6.61 Å². The highest BCUT2D eigenvalue weighted by Gasteiger charge is 2.26. The van der Waals surface area contributed by atoms with E-state index in [0.717, 1.165) is 30.9 Å². The van der Waals surface area contributed by atoms with Gasteiger partial charge < -0.3 is 19.7 Å². The topological polar surface area (TPSA) is 71.1 Å². The van der Waals surface area contributed by atoms with Crippen LogP contribution in [0.1, 0.15) is 18.0 Å². The molecule has 2 heterocycles. The van der Waals surface area contributed by atoms with Crippen molar-refractivity contribution in [3.63, 3.8) is 0 Å². The van der Waals surface area contributed by atoms with E-state index in [0.29, 0.717) is 25.5 Å². The van der Waals surface area contributed by atoms with Gasteiger partial charge in [0, 0.05) is 32.6 Å². The van der Waals surface area contributed by atoms with Crippen LogP contribution in [-0.4, -0.2) is 62.7 Å². The summed E-state index contributed by atoms with van der Waals surface area (Å²) < 4.78 is 10.9. The van der Waals surface area contributed by atoms with Gasteiger partial charge in [-0.25, -0.2) is 0 Å². The standard InChI is InChI=1S/C23H27N3O4/c27-22(10-11-26-20-8-4-5-9-21(20)30-17-23(26)28)24-19(18-6-2-1-3-7-18)16-25-12-14-29-15-13-25/h1-9,19H,10-17H2,(H,24,27)/t19-/m0/s1. The molecule has 0 unspecified atom stereocenters. The molecule has 0 bridgehead atoms. The molecule has 158 valence electrons. The van der Waals surface area contributed by atoms with Gasteiger partial charge in [0.25, 0.3) is 5.91 Å². The normalized spacial score (nSPS) is 17.7. The predicted molar refractivity (Wildman–Crippen MR) is 113 cm³/mol. The molecule has 1 atom stereocenters. The summed E-state index contributed by atoms with van der Waals surface area (Å²) in [5.41, 5.74) is 1.79. The molecule has 30 heavy (non-hydrogen) atoms. The van der Waals surface area contributed by atoms with Gasteiger partial charge in [0.2, 0.25) is 5.91 Å². The second kappa shape index (κ2) is 9.73. The van der Waals surface area contributed by atoms with Gasteiger partial charge in [0.1, 0.15) is 5.75 Å². The number of anilines is 1. The third-order valence-electron chi connectivity index (χ3n) is 5.45. The number of carbonyl (C=O) groups excluding carboxylic acids is 2. The van der Waals surface area contributed by atoms with Crippen LogP contribution < -0.4 is 15.0 Å². The van der Waals surface area contributed by atoms with E-state index >= 15 is 0 Å². The van der Waals surface area contributed by atoms with Crippen molar-refractivity contribution in [3.8, 4) is 5.75 Å². The van der Waals surface area contributed by atoms with Gasteiger partial charge in [-0.2, -0.15) is 0 Å². The first-order valence-electron chi connectivity index (χ1n) is 10.4. The van der Waals surface area contributed by atoms with Crippen molar-refractivity contribution < 1.29 is 19.1 Å². The number of hydrogen-bond donors (Lipinski definition) is 1. The minimum Gasteiger partial charge on any atom is -0.482 e. The number of nitrogens with zero attached hydrogens (tertiary/aromatic N) is 2. The highest BCUT2D eigenvalue weighted by atomic mass is 16.5. The average molecular weight is 409 g/mol. The SMILES string of the molecule is O=C(CCN1C(=O)COc2ccccc21)N[C@@H](CN1CCOCC1)c1ccccc1. The lowest BCUT2D eigenvalue weighted by Gasteiger charge is -2.32. The molecule has 1 saturated heterocycles. The second-order valence-electron chi connectivity index (χ2n) is 7.50. The molecule has 2 aliphatic rings. The van der Waals surface area contributed by atoms with E-state index in [1.54, 1.807) is 4.90 Å². The summed E-state index contributed by atoms with van der Waals surface area (Å²) in [6, 6.07) is 17.3. The third-order valence-corrected chi connectivity index (χ3v) is 5.45. The van der Waals surface area contributed by atoms with Crippen molar-refractivity contribution in [2.45, 2.75) is 12.5 Å². The molecule has 2 aliphatic heterocycles. The first-order valence-corrected chi connectivity index (χ1v) is 10.4. The molecular weight excluding hydrogens is 382 g/mol. The number of fused-ring (bicyclic) bond motifs is 1. The smallest absolute Gasteiger partial charge is 0.265 e. The molecule has 7 heteroatoms. The van der Waals surface area contributed by atoms with E-state index in [9.17, 15) is 9.59 Å². The third kappa shape index (κ3) is 4.98. The summed E-state index contributed by atoms with van der Waals surface area (Å²) in [6.45, 7) is 4.21. The molecule has 0 radical (unpaired) electrons. The van der Waals surface area contributed by atoms with Crippen LogP contribution in [0.3, 0.4) is 0 Å². The Balaban J connectivity index is 1.39. The first-order chi connectivity index (χ1) is 14.7. The zero-order valence-corrected chi connectivity index (χ0v) is 17.0. The quantitative estimate of drug-likeness (QED) is 0.757. The lowest BCUT2D eigenvalue weighted by atomic mass is 10.1. The van der Waals surface area contributed by atoms with Crippen LogP contribution >= 0.6 is 0 Å². The van der Waals surface area contributed by atoms with Crippen molar-refractivity contribution in [1.82, 2.24) is 10.2 Å². The van der Waals surface area contributed by atoms with Crippen LogP contribution in [0.5, 0.6) is 5.75 Å². The maximum absolute atomic E-state index is 12.8. The molecule has 1 N–H and O–H groups in total. The summed E-state index contributed by atoms with van der Waals surface area (Å²) in [7, 11) is 0. The fraction of sp³-hybridized carbons (Fsp3) is 0.391. The Hall–Kier alpha value is -2.90. The number of para-hydroxylation sites is 2. The van der Waals surface area contributed by atoms with Gasteiger partial charge in [0.05, 0.1) is 24.9 Å². The van der Waals surface area contributed by atoms with Gasteiger partial charge in [-0.3, -0.25) is 14.5 Å². The van der Waals surface area contributed by atoms with E-state index in [1.807, 2.05) is 54.6 Å². The van der Waals surface area contributed by atoms with E-state index < -0.39 is 0 Å². The molecule has 0 aliphatic carbocycles. The molecule has 7 nitrogen and oxygen atoms in total. The number of hydrogen-bond acceptors (Lipinski definition) is 5. The Kier molecular flexibility index (Phi) is 6.61. The molecule has 0 spiro atoms. The maximum Gasteiger partial charge on any atom is 0.265 e. The number of carbonyl (C=O) groups is 2. The molecule has 0 aromatic heterocycles. The largest absolute Gasteiger partial charge is 0.482 e. The summed E-state index contributed by atoms with van der Waals surface area (Å²) in [4.78, 5) is 29.1. The van der Waals surface area contributed by atoms with Crippen LogP contribution in [0, 0.1) is 0 Å². The highest BCUT2D eigenvalue weighted by Crippen LogP contribution is 2.31. The summed E-state index contributed by atoms with van der Waals surface area (Å²) >= 11 is 0. The number of rotatable bonds is 7. The molecular formula is C23H27N3O4. The lowest BCUT2D eigenvalue weighted by Crippen LogP contribution is -2.44. The highest BCUT2D eigenvalue weighted by molar-refractivity contribution is 5.98. The van der Waals surface area contributed by atoms with Crippen LogP contribution in [0.25, 0.3) is 0 Å². The molecule has 0 saturated carbocycles. The fourth-order valence-electron chi connectivity index (χ4n) is 3.84. The van der Waals surface area contributed by atoms with Crippen LogP contribution in [-0.2, 0) is 14.3 Å². The van der Waals surface area contributed by atoms with Gasteiger partial charge >= 0.3 is 0 Å². The van der Waals surface area contributed by atoms with Gasteiger partial charge in [-0.1, -0.05) is 42.5 Å². The molecule has 1 fully saturated rings. The number of nitrogens with one attached hydrogen (secondary N) is 1. The van der Waals surface area contributed by atoms with Gasteiger partial charge in [-0.05, 0) is 17.7 Å². The molecule has 2 aromatic rings. The maximum atomic E-state index is 12.8. The van der Waals surface area contributed by atoms with E-state index in [1.165, 1.54) is 0 Å². The van der Waals surface area contributed by atoms with Crippen molar-refractivity contribution in [1.29, 1.82) is 0 Å². The van der Waals surface area contributed by atoms with Crippen molar-refractivity contribution in [2.24, 2.45) is 0 Å². The lowest BCUT2D eigenvalue weighted by molar-refractivity contribution is -0.122. The van der Waals surface area contributed by atoms with E-state index in [2.05, 4.69) is 10.2 Å². The number of amides is 2. The van der Waals surface area contributed by atoms with Crippen molar-refractivity contribution in [3.05, 3.63) is 60.2 Å². The fourth-order valence-corrected chi connectivity index (χ4v) is 3.84. The molecule has 2 amide bonds. The minimum atomic E-state index is -0.130. The summed E-state index contributed by atoms with van der Waals surface area (Å²) in [5, 5.41) is 3.17. The molecule has 4 rings (SSSR count). The molecule has 2 aromatic carbocycles. The number of benzene rings is 2. The summed E-state index contributed by atoms with van der Waals surface area (Å²) in [6.07, 6.45) is 0.229. The Labute approximate surface area is 176 Å². The van der Waals surface area contributed by atoms with Crippen molar-refractivity contribution >= 4 is 17.5 Å². The minimum absolute atomic E-state index is 0.00229. The average Bonchev–Trinajstić information content (AvgIpc) is 2.79. The number of ether oxygens (including phenoxy) is 2. The van der Waals surface area contributed by atoms with Crippen LogP contribution in [0.2, 0.25) is 0 Å². The number of morpholine rings is 1. The Bertz CT molecular complexity index is 868. The zero-order valence-electron chi connectivity index (χ0n) is 17.0. The first kappa shape index (κ1) is 20.4. The Morgan fingerprint density at radius 2 is 1.77 bits per heavy atom. The van der Waals surface area contributed by atoms with Gasteiger partial charge in [-0.15, -0.1) is 0 Å². The zero-order chi connectivity index (χ0) is 20.8. The predicted octanol–water partition coefficient (Wildman–Crippen LogP) is 1.99. The van der Waals surface area contributed by atoms with E-state index in [-0.39, 0.29) is 30.9 Å². The van der Waals surface area contributed by atoms with Crippen molar-refractivity contribution in [2.75, 3.05) is 50.9 Å². The van der Waals surface area contributed by atoms with Crippen LogP contribution in [0.15, 0.2) is 54.6 Å². The Morgan fingerprint density at radius 1 is 1.03 bits per heavy atom. The Morgan fingerprint density at radius 3 is 2.57 bits per heavy atom.